The second-order valence-corrected chi connectivity index (χ2v) is 5.39. The van der Waals surface area contributed by atoms with Crippen molar-refractivity contribution in [3.63, 3.8) is 0 Å². The van der Waals surface area contributed by atoms with Gasteiger partial charge in [0, 0.05) is 12.1 Å². The van der Waals surface area contributed by atoms with E-state index in [-0.39, 0.29) is 0 Å². The van der Waals surface area contributed by atoms with Crippen LogP contribution in [0.3, 0.4) is 0 Å². The van der Waals surface area contributed by atoms with E-state index in [4.69, 9.17) is 0 Å². The van der Waals surface area contributed by atoms with Gasteiger partial charge in [-0.1, -0.05) is 27.7 Å². The van der Waals surface area contributed by atoms with E-state index in [0.29, 0.717) is 12.1 Å². The van der Waals surface area contributed by atoms with Crippen LogP contribution in [0.1, 0.15) is 66.2 Å². The summed E-state index contributed by atoms with van der Waals surface area (Å²) < 4.78 is 0. The summed E-state index contributed by atoms with van der Waals surface area (Å²) in [5.74, 6) is 0. The molecule has 3 nitrogen and oxygen atoms in total. The summed E-state index contributed by atoms with van der Waals surface area (Å²) in [4.78, 5) is 0. The maximum absolute atomic E-state index is 3.60. The Kier molecular flexibility index (Phi) is 14.2. The molecule has 0 radical (unpaired) electrons. The fourth-order valence-corrected chi connectivity index (χ4v) is 2.32. The van der Waals surface area contributed by atoms with E-state index in [1.54, 1.807) is 0 Å². The third-order valence-electron chi connectivity index (χ3n) is 3.90. The molecule has 3 N–H and O–H groups in total. The van der Waals surface area contributed by atoms with Crippen molar-refractivity contribution in [3.8, 4) is 0 Å². The van der Waals surface area contributed by atoms with Crippen LogP contribution in [0.4, 0.5) is 0 Å². The lowest BCUT2D eigenvalue weighted by atomic mass is 10.1. The van der Waals surface area contributed by atoms with Gasteiger partial charge in [-0.05, 0) is 64.7 Å². The van der Waals surface area contributed by atoms with E-state index < -0.39 is 0 Å². The molecule has 0 saturated carbocycles. The van der Waals surface area contributed by atoms with E-state index in [1.165, 1.54) is 38.5 Å². The summed E-state index contributed by atoms with van der Waals surface area (Å²) in [6.07, 6.45) is 7.43. The first-order chi connectivity index (χ1) is 9.28. The summed E-state index contributed by atoms with van der Waals surface area (Å²) in [7, 11) is 0. The number of rotatable bonds is 14. The van der Waals surface area contributed by atoms with Gasteiger partial charge in [-0.2, -0.15) is 0 Å². The Morgan fingerprint density at radius 3 is 1.26 bits per heavy atom. The molecule has 0 rings (SSSR count). The molecule has 116 valence electrons. The minimum Gasteiger partial charge on any atom is -0.317 e. The maximum Gasteiger partial charge on any atom is 0.00618 e. The topological polar surface area (TPSA) is 36.1 Å². The summed E-state index contributed by atoms with van der Waals surface area (Å²) in [6, 6.07) is 1.42. The van der Waals surface area contributed by atoms with Crippen molar-refractivity contribution in [2.45, 2.75) is 78.3 Å². The van der Waals surface area contributed by atoms with E-state index in [9.17, 15) is 0 Å². The van der Waals surface area contributed by atoms with Crippen molar-refractivity contribution in [2.75, 3.05) is 26.2 Å². The molecule has 0 fully saturated rings. The van der Waals surface area contributed by atoms with Gasteiger partial charge in [0.25, 0.3) is 0 Å². The minimum atomic E-state index is 0.712. The zero-order valence-electron chi connectivity index (χ0n) is 13.7. The van der Waals surface area contributed by atoms with Crippen LogP contribution in [-0.4, -0.2) is 38.3 Å². The minimum absolute atomic E-state index is 0.712. The molecular weight excluding hydrogens is 234 g/mol. The highest BCUT2D eigenvalue weighted by Crippen LogP contribution is 1.96. The first-order valence-corrected chi connectivity index (χ1v) is 8.45. The molecule has 0 spiro atoms. The van der Waals surface area contributed by atoms with Gasteiger partial charge in [-0.25, -0.2) is 0 Å². The molecule has 0 aliphatic heterocycles. The molecule has 0 aromatic heterocycles. The van der Waals surface area contributed by atoms with Crippen molar-refractivity contribution < 1.29 is 0 Å². The molecule has 0 aliphatic rings. The molecule has 0 amide bonds. The van der Waals surface area contributed by atoms with E-state index in [1.807, 2.05) is 0 Å². The summed E-state index contributed by atoms with van der Waals surface area (Å²) >= 11 is 0. The third-order valence-corrected chi connectivity index (χ3v) is 3.90. The molecule has 0 unspecified atom stereocenters. The van der Waals surface area contributed by atoms with Crippen LogP contribution in [0.25, 0.3) is 0 Å². The number of nitrogens with one attached hydrogen (secondary N) is 3. The lowest BCUT2D eigenvalue weighted by Gasteiger charge is -2.15. The highest BCUT2D eigenvalue weighted by Gasteiger charge is 2.01. The van der Waals surface area contributed by atoms with Gasteiger partial charge in [0.1, 0.15) is 0 Å². The second-order valence-electron chi connectivity index (χ2n) is 5.39. The van der Waals surface area contributed by atoms with Crippen molar-refractivity contribution in [2.24, 2.45) is 0 Å². The maximum atomic E-state index is 3.60. The van der Waals surface area contributed by atoms with Crippen molar-refractivity contribution in [3.05, 3.63) is 0 Å². The average molecular weight is 271 g/mol. The average Bonchev–Trinajstić information content (AvgIpc) is 2.45. The lowest BCUT2D eigenvalue weighted by molar-refractivity contribution is 0.460. The first kappa shape index (κ1) is 18.9. The van der Waals surface area contributed by atoms with E-state index in [0.717, 1.165) is 26.2 Å². The monoisotopic (exact) mass is 271 g/mol. The molecule has 0 heterocycles. The fraction of sp³-hybridized carbons (Fsp3) is 1.00. The molecule has 3 heteroatoms. The molecular formula is C16H37N3. The van der Waals surface area contributed by atoms with Crippen LogP contribution in [0.5, 0.6) is 0 Å². The smallest absolute Gasteiger partial charge is 0.00618 e. The normalized spacial score (nSPS) is 11.7. The van der Waals surface area contributed by atoms with Crippen LogP contribution in [0, 0.1) is 0 Å². The van der Waals surface area contributed by atoms with E-state index in [2.05, 4.69) is 43.6 Å². The molecule has 0 aromatic carbocycles. The van der Waals surface area contributed by atoms with Gasteiger partial charge >= 0.3 is 0 Å². The van der Waals surface area contributed by atoms with Crippen molar-refractivity contribution >= 4 is 0 Å². The molecule has 0 saturated heterocycles. The zero-order valence-corrected chi connectivity index (χ0v) is 13.7. The Morgan fingerprint density at radius 2 is 0.947 bits per heavy atom. The second kappa shape index (κ2) is 14.3. The lowest BCUT2D eigenvalue weighted by Crippen LogP contribution is -2.32. The van der Waals surface area contributed by atoms with Crippen molar-refractivity contribution in [1.82, 2.24) is 16.0 Å². The van der Waals surface area contributed by atoms with Crippen molar-refractivity contribution in [1.29, 1.82) is 0 Å². The standard InChI is InChI=1S/C16H37N3/c1-5-15(6-2)18-13-9-11-17-12-10-14-19-16(7-3)8-4/h15-19H,5-14H2,1-4H3. The molecule has 0 atom stereocenters. The molecule has 0 bridgehead atoms. The Hall–Kier alpha value is -0.120. The van der Waals surface area contributed by atoms with E-state index >= 15 is 0 Å². The molecule has 0 aromatic rings. The Bertz CT molecular complexity index is 147. The van der Waals surface area contributed by atoms with Crippen LogP contribution in [0.15, 0.2) is 0 Å². The fourth-order valence-electron chi connectivity index (χ4n) is 2.32. The van der Waals surface area contributed by atoms with Gasteiger partial charge in [-0.15, -0.1) is 0 Å². The SMILES string of the molecule is CCC(CC)NCCCNCCCNC(CC)CC. The Morgan fingerprint density at radius 1 is 0.579 bits per heavy atom. The van der Waals surface area contributed by atoms with Crippen LogP contribution in [-0.2, 0) is 0 Å². The first-order valence-electron chi connectivity index (χ1n) is 8.45. The summed E-state index contributed by atoms with van der Waals surface area (Å²) in [6.45, 7) is 13.6. The summed E-state index contributed by atoms with van der Waals surface area (Å²) in [5, 5.41) is 10.7. The molecule has 0 aliphatic carbocycles. The number of hydrogen-bond acceptors (Lipinski definition) is 3. The largest absolute Gasteiger partial charge is 0.317 e. The zero-order chi connectivity index (χ0) is 14.3. The van der Waals surface area contributed by atoms with Gasteiger partial charge in [0.2, 0.25) is 0 Å². The van der Waals surface area contributed by atoms with Gasteiger partial charge < -0.3 is 16.0 Å². The van der Waals surface area contributed by atoms with Crippen LogP contribution < -0.4 is 16.0 Å². The Labute approximate surface area is 121 Å². The quantitative estimate of drug-likeness (QED) is 0.425. The highest BCUT2D eigenvalue weighted by molar-refractivity contribution is 4.64. The van der Waals surface area contributed by atoms with Gasteiger partial charge in [-0.3, -0.25) is 0 Å². The summed E-state index contributed by atoms with van der Waals surface area (Å²) in [5.41, 5.74) is 0. The van der Waals surface area contributed by atoms with Crippen LogP contribution in [0.2, 0.25) is 0 Å². The third kappa shape index (κ3) is 11.4. The van der Waals surface area contributed by atoms with Crippen LogP contribution >= 0.6 is 0 Å². The van der Waals surface area contributed by atoms with Gasteiger partial charge in [0.05, 0.1) is 0 Å². The number of hydrogen-bond donors (Lipinski definition) is 3. The predicted octanol–water partition coefficient (Wildman–Crippen LogP) is 2.91. The molecule has 19 heavy (non-hydrogen) atoms. The predicted molar refractivity (Wildman–Crippen MR) is 86.8 cm³/mol. The Balaban J connectivity index is 3.19. The van der Waals surface area contributed by atoms with Gasteiger partial charge in [0.15, 0.2) is 0 Å². The highest BCUT2D eigenvalue weighted by atomic mass is 14.9.